The molecule has 0 amide bonds. The van der Waals surface area contributed by atoms with Gasteiger partial charge in [0.1, 0.15) is 9.11 Å². The van der Waals surface area contributed by atoms with Gasteiger partial charge in [-0.25, -0.2) is 0 Å². The Hall–Kier alpha value is -0.300. The van der Waals surface area contributed by atoms with Crippen LogP contribution in [0.2, 0.25) is 0 Å². The van der Waals surface area contributed by atoms with Crippen LogP contribution in [-0.4, -0.2) is 19.8 Å². The number of fused-ring (bicyclic) bond motifs is 1. The maximum absolute atomic E-state index is 12.2. The normalized spacial score (nSPS) is 11.8. The SMILES string of the molecule is CC(C)(C)SC(=S)SCC(=O)c1cc2cc(Br)ccc2o1. The number of hydrogen-bond donors (Lipinski definition) is 0. The predicted octanol–water partition coefficient (Wildman–Crippen LogP) is 5.93. The van der Waals surface area contributed by atoms with Crippen LogP contribution in [0, 0.1) is 0 Å². The van der Waals surface area contributed by atoms with Crippen LogP contribution in [0.3, 0.4) is 0 Å². The first-order valence-corrected chi connectivity index (χ1v) is 9.33. The van der Waals surface area contributed by atoms with Crippen molar-refractivity contribution in [2.75, 3.05) is 5.75 Å². The topological polar surface area (TPSA) is 30.2 Å². The molecule has 0 radical (unpaired) electrons. The van der Waals surface area contributed by atoms with Gasteiger partial charge in [-0.1, -0.05) is 60.7 Å². The van der Waals surface area contributed by atoms with Crippen LogP contribution in [0.25, 0.3) is 11.0 Å². The summed E-state index contributed by atoms with van der Waals surface area (Å²) >= 11 is 11.7. The van der Waals surface area contributed by atoms with E-state index in [0.717, 1.165) is 19.0 Å². The zero-order chi connectivity index (χ0) is 15.6. The lowest BCUT2D eigenvalue weighted by Crippen LogP contribution is -2.10. The molecule has 0 atom stereocenters. The molecule has 2 rings (SSSR count). The standard InChI is InChI=1S/C15H15BrO2S3/c1-15(2,3)21-14(19)20-8-11(17)13-7-9-6-10(16)4-5-12(9)18-13/h4-7H,8H2,1-3H3. The van der Waals surface area contributed by atoms with Crippen molar-refractivity contribution in [2.24, 2.45) is 0 Å². The number of Topliss-reactive ketones (excluding diaryl/α,β-unsaturated/α-hetero) is 1. The van der Waals surface area contributed by atoms with Crippen LogP contribution in [-0.2, 0) is 0 Å². The fourth-order valence-electron chi connectivity index (χ4n) is 1.63. The lowest BCUT2D eigenvalue weighted by Gasteiger charge is -2.16. The third kappa shape index (κ3) is 5.13. The third-order valence-electron chi connectivity index (χ3n) is 2.46. The molecule has 112 valence electrons. The number of benzene rings is 1. The average Bonchev–Trinajstić information content (AvgIpc) is 2.76. The van der Waals surface area contributed by atoms with Crippen molar-refractivity contribution < 1.29 is 9.21 Å². The summed E-state index contributed by atoms with van der Waals surface area (Å²) < 4.78 is 7.40. The number of carbonyl (C=O) groups is 1. The molecule has 6 heteroatoms. The second-order valence-electron chi connectivity index (χ2n) is 5.47. The second kappa shape index (κ2) is 6.86. The molecule has 0 saturated carbocycles. The molecule has 0 aliphatic rings. The van der Waals surface area contributed by atoms with Gasteiger partial charge < -0.3 is 4.42 Å². The number of hydrogen-bond acceptors (Lipinski definition) is 5. The Morgan fingerprint density at radius 2 is 2.05 bits per heavy atom. The Kier molecular flexibility index (Phi) is 5.57. The molecule has 0 unspecified atom stereocenters. The van der Waals surface area contributed by atoms with Gasteiger partial charge in [0.2, 0.25) is 5.78 Å². The van der Waals surface area contributed by atoms with Crippen molar-refractivity contribution in [2.45, 2.75) is 25.5 Å². The van der Waals surface area contributed by atoms with Gasteiger partial charge in [0.05, 0.1) is 5.75 Å². The Morgan fingerprint density at radius 1 is 1.33 bits per heavy atom. The molecule has 2 nitrogen and oxygen atoms in total. The molecule has 0 aliphatic carbocycles. The summed E-state index contributed by atoms with van der Waals surface area (Å²) in [4.78, 5) is 12.2. The lowest BCUT2D eigenvalue weighted by atomic mass is 10.2. The molecule has 1 aromatic heterocycles. The Morgan fingerprint density at radius 3 is 2.71 bits per heavy atom. The molecule has 0 saturated heterocycles. The van der Waals surface area contributed by atoms with Gasteiger partial charge in [-0.2, -0.15) is 0 Å². The Balaban J connectivity index is 2.01. The number of rotatable bonds is 3. The summed E-state index contributed by atoms with van der Waals surface area (Å²) in [6.45, 7) is 6.30. The smallest absolute Gasteiger partial charge is 0.208 e. The van der Waals surface area contributed by atoms with E-state index in [-0.39, 0.29) is 10.5 Å². The number of halogens is 1. The minimum atomic E-state index is -0.0378. The van der Waals surface area contributed by atoms with Crippen LogP contribution in [0.1, 0.15) is 31.3 Å². The molecular formula is C15H15BrO2S3. The van der Waals surface area contributed by atoms with E-state index in [9.17, 15) is 4.79 Å². The average molecular weight is 403 g/mol. The van der Waals surface area contributed by atoms with Gasteiger partial charge in [0.15, 0.2) is 5.76 Å². The van der Waals surface area contributed by atoms with Crippen molar-refractivity contribution in [3.8, 4) is 0 Å². The van der Waals surface area contributed by atoms with Gasteiger partial charge in [-0.05, 0) is 24.3 Å². The zero-order valence-corrected chi connectivity index (χ0v) is 16.0. The van der Waals surface area contributed by atoms with E-state index in [4.69, 9.17) is 16.6 Å². The molecular weight excluding hydrogens is 388 g/mol. The summed E-state index contributed by atoms with van der Waals surface area (Å²) in [6, 6.07) is 7.46. The Labute approximate surface area is 146 Å². The second-order valence-corrected chi connectivity index (χ2v) is 10.4. The van der Waals surface area contributed by atoms with Crippen molar-refractivity contribution in [1.29, 1.82) is 0 Å². The first-order chi connectivity index (χ1) is 9.74. The van der Waals surface area contributed by atoms with E-state index in [1.165, 1.54) is 11.8 Å². The van der Waals surface area contributed by atoms with Gasteiger partial charge in [-0.15, -0.1) is 11.8 Å². The van der Waals surface area contributed by atoms with Gasteiger partial charge in [0.25, 0.3) is 0 Å². The lowest BCUT2D eigenvalue weighted by molar-refractivity contribution is 0.0994. The molecule has 1 heterocycles. The van der Waals surface area contributed by atoms with Crippen LogP contribution >= 0.6 is 51.7 Å². The predicted molar refractivity (Wildman–Crippen MR) is 101 cm³/mol. The molecule has 0 N–H and O–H groups in total. The highest BCUT2D eigenvalue weighted by Crippen LogP contribution is 2.31. The highest BCUT2D eigenvalue weighted by atomic mass is 79.9. The molecule has 0 aliphatic heterocycles. The summed E-state index contributed by atoms with van der Waals surface area (Å²) in [6.07, 6.45) is 0. The van der Waals surface area contributed by atoms with Crippen molar-refractivity contribution in [1.82, 2.24) is 0 Å². The van der Waals surface area contributed by atoms with Gasteiger partial charge in [-0.3, -0.25) is 4.79 Å². The first-order valence-electron chi connectivity index (χ1n) is 6.33. The minimum Gasteiger partial charge on any atom is -0.453 e. The van der Waals surface area contributed by atoms with Crippen molar-refractivity contribution in [3.05, 3.63) is 34.5 Å². The zero-order valence-electron chi connectivity index (χ0n) is 11.9. The summed E-state index contributed by atoms with van der Waals surface area (Å²) in [5, 5.41) is 0.921. The monoisotopic (exact) mass is 402 g/mol. The highest BCUT2D eigenvalue weighted by molar-refractivity contribution is 9.10. The highest BCUT2D eigenvalue weighted by Gasteiger charge is 2.17. The van der Waals surface area contributed by atoms with Crippen LogP contribution in [0.4, 0.5) is 0 Å². The molecule has 0 fully saturated rings. The number of ketones is 1. The van der Waals surface area contributed by atoms with E-state index in [1.54, 1.807) is 17.8 Å². The van der Waals surface area contributed by atoms with Gasteiger partial charge >= 0.3 is 0 Å². The van der Waals surface area contributed by atoms with E-state index >= 15 is 0 Å². The van der Waals surface area contributed by atoms with E-state index in [0.29, 0.717) is 11.5 Å². The fourth-order valence-corrected chi connectivity index (χ4v) is 4.99. The van der Waals surface area contributed by atoms with Crippen LogP contribution in [0.5, 0.6) is 0 Å². The summed E-state index contributed by atoms with van der Waals surface area (Å²) in [5.41, 5.74) is 0.721. The molecule has 2 aromatic rings. The maximum Gasteiger partial charge on any atom is 0.208 e. The summed E-state index contributed by atoms with van der Waals surface area (Å²) in [7, 11) is 0. The number of carbonyl (C=O) groups excluding carboxylic acids is 1. The van der Waals surface area contributed by atoms with Gasteiger partial charge in [0, 0.05) is 14.6 Å². The first kappa shape index (κ1) is 17.1. The molecule has 0 spiro atoms. The largest absolute Gasteiger partial charge is 0.453 e. The van der Waals surface area contributed by atoms with E-state index in [2.05, 4.69) is 36.7 Å². The number of thiocarbonyl (C=S) groups is 1. The fraction of sp³-hybridized carbons (Fsp3) is 0.333. The van der Waals surface area contributed by atoms with Crippen LogP contribution in [0.15, 0.2) is 33.2 Å². The van der Waals surface area contributed by atoms with E-state index < -0.39 is 0 Å². The van der Waals surface area contributed by atoms with Crippen LogP contribution < -0.4 is 0 Å². The third-order valence-corrected chi connectivity index (χ3v) is 5.59. The van der Waals surface area contributed by atoms with E-state index in [1.807, 2.05) is 18.2 Å². The molecule has 1 aromatic carbocycles. The number of thioether (sulfide) groups is 2. The molecule has 0 bridgehead atoms. The quantitative estimate of drug-likeness (QED) is 0.468. The Bertz CT molecular complexity index is 686. The summed E-state index contributed by atoms with van der Waals surface area (Å²) in [5.74, 6) is 0.659. The van der Waals surface area contributed by atoms with Crippen molar-refractivity contribution in [3.63, 3.8) is 0 Å². The number of furan rings is 1. The minimum absolute atomic E-state index is 0.0378. The molecule has 21 heavy (non-hydrogen) atoms. The maximum atomic E-state index is 12.2. The van der Waals surface area contributed by atoms with Crippen molar-refractivity contribution >= 4 is 72.0 Å².